The molecule has 0 radical (unpaired) electrons. The second-order valence-corrected chi connectivity index (χ2v) is 9.95. The van der Waals surface area contributed by atoms with Crippen LogP contribution in [0, 0.1) is 3.57 Å². The van der Waals surface area contributed by atoms with Gasteiger partial charge in [0, 0.05) is 10.6 Å². The monoisotopic (exact) mass is 615 g/mol. The lowest BCUT2D eigenvalue weighted by Crippen LogP contribution is -2.35. The highest BCUT2D eigenvalue weighted by Crippen LogP contribution is 2.38. The molecule has 1 atom stereocenters. The van der Waals surface area contributed by atoms with Gasteiger partial charge in [-0.3, -0.25) is 19.3 Å². The molecule has 1 saturated heterocycles. The molecule has 2 amide bonds. The number of carbonyl (C=O) groups is 3. The Hall–Kier alpha value is -2.24. The second-order valence-electron chi connectivity index (χ2n) is 7.39. The zero-order valence-corrected chi connectivity index (χ0v) is 22.5. The number of rotatable bonds is 9. The van der Waals surface area contributed by atoms with Crippen molar-refractivity contribution in [3.05, 3.63) is 61.0 Å². The largest absolute Gasteiger partial charge is 0.493 e. The summed E-state index contributed by atoms with van der Waals surface area (Å²) < 4.78 is 17.4. The number of amides is 2. The van der Waals surface area contributed by atoms with E-state index in [0.717, 1.165) is 25.8 Å². The topological polar surface area (TPSA) is 82.1 Å². The minimum Gasteiger partial charge on any atom is -0.493 e. The van der Waals surface area contributed by atoms with Gasteiger partial charge in [0.05, 0.1) is 21.7 Å². The fourth-order valence-electron chi connectivity index (χ4n) is 2.99. The highest BCUT2D eigenvalue weighted by Gasteiger charge is 2.37. The van der Waals surface area contributed by atoms with Gasteiger partial charge in [-0.1, -0.05) is 36.7 Å². The number of thioether (sulfide) groups is 1. The van der Waals surface area contributed by atoms with Crippen LogP contribution in [0.25, 0.3) is 6.08 Å². The van der Waals surface area contributed by atoms with E-state index in [-0.39, 0.29) is 17.6 Å². The summed E-state index contributed by atoms with van der Waals surface area (Å²) in [5.41, 5.74) is 1.49. The summed E-state index contributed by atoms with van der Waals surface area (Å²) in [5.74, 6) is -0.138. The Morgan fingerprint density at radius 2 is 2.00 bits per heavy atom. The molecular weight excluding hydrogens is 593 g/mol. The van der Waals surface area contributed by atoms with E-state index in [4.69, 9.17) is 25.8 Å². The van der Waals surface area contributed by atoms with E-state index in [1.54, 1.807) is 25.1 Å². The number of imide groups is 1. The Morgan fingerprint density at radius 1 is 1.26 bits per heavy atom. The van der Waals surface area contributed by atoms with Gasteiger partial charge < -0.3 is 14.2 Å². The number of hydrogen-bond donors (Lipinski definition) is 0. The first-order chi connectivity index (χ1) is 16.2. The number of nitrogens with zero attached hydrogens (tertiary/aromatic N) is 1. The number of carbonyl (C=O) groups excluding carboxylic acids is 3. The molecule has 1 fully saturated rings. The molecule has 1 heterocycles. The standard InChI is InChI=1S/C24H23ClINO6S/c1-4-14(2)33-21(28)12-27-23(29)20(34-24(27)30)11-15-9-18(26)22(19(10-15)31-3)32-13-16-7-5-6-8-17(16)25/h5-11,14H,4,12-13H2,1-3H3/b20-11+/t14-/m0/s1. The number of methoxy groups -OCH3 is 1. The van der Waals surface area contributed by atoms with E-state index >= 15 is 0 Å². The van der Waals surface area contributed by atoms with Gasteiger partial charge in [-0.15, -0.1) is 0 Å². The van der Waals surface area contributed by atoms with Crippen molar-refractivity contribution in [2.24, 2.45) is 0 Å². The molecule has 0 N–H and O–H groups in total. The fraction of sp³-hybridized carbons (Fsp3) is 0.292. The van der Waals surface area contributed by atoms with Gasteiger partial charge in [-0.2, -0.15) is 0 Å². The zero-order valence-electron chi connectivity index (χ0n) is 18.8. The molecule has 10 heteroatoms. The van der Waals surface area contributed by atoms with E-state index in [2.05, 4.69) is 22.6 Å². The smallest absolute Gasteiger partial charge is 0.326 e. The second kappa shape index (κ2) is 11.9. The van der Waals surface area contributed by atoms with E-state index in [0.29, 0.717) is 28.5 Å². The Bertz CT molecular complexity index is 1140. The molecule has 3 rings (SSSR count). The van der Waals surface area contributed by atoms with Crippen LogP contribution in [0.3, 0.4) is 0 Å². The van der Waals surface area contributed by atoms with Crippen LogP contribution in [-0.2, 0) is 20.9 Å². The van der Waals surface area contributed by atoms with Gasteiger partial charge in [0.1, 0.15) is 13.2 Å². The molecular formula is C24H23ClINO6S. The van der Waals surface area contributed by atoms with Gasteiger partial charge in [-0.05, 0) is 77.5 Å². The maximum atomic E-state index is 12.7. The summed E-state index contributed by atoms with van der Waals surface area (Å²) in [6, 6.07) is 10.9. The van der Waals surface area contributed by atoms with Crippen LogP contribution in [0.4, 0.5) is 4.79 Å². The normalized spacial score (nSPS) is 15.6. The summed E-state index contributed by atoms with van der Waals surface area (Å²) in [7, 11) is 1.52. The van der Waals surface area contributed by atoms with Crippen LogP contribution in [-0.4, -0.2) is 41.8 Å². The highest BCUT2D eigenvalue weighted by molar-refractivity contribution is 14.1. The summed E-state index contributed by atoms with van der Waals surface area (Å²) in [6.45, 7) is 3.48. The van der Waals surface area contributed by atoms with Crippen molar-refractivity contribution in [3.8, 4) is 11.5 Å². The maximum absolute atomic E-state index is 12.7. The highest BCUT2D eigenvalue weighted by atomic mass is 127. The van der Waals surface area contributed by atoms with Crippen LogP contribution in [0.1, 0.15) is 31.4 Å². The molecule has 0 aliphatic carbocycles. The van der Waals surface area contributed by atoms with E-state index in [1.165, 1.54) is 7.11 Å². The van der Waals surface area contributed by atoms with Crippen LogP contribution >= 0.6 is 46.0 Å². The van der Waals surface area contributed by atoms with Crippen molar-refractivity contribution in [2.75, 3.05) is 13.7 Å². The third kappa shape index (κ3) is 6.45. The minimum absolute atomic E-state index is 0.212. The lowest BCUT2D eigenvalue weighted by atomic mass is 10.1. The zero-order chi connectivity index (χ0) is 24.8. The number of ether oxygens (including phenoxy) is 3. The molecule has 0 bridgehead atoms. The number of hydrogen-bond acceptors (Lipinski definition) is 7. The molecule has 0 spiro atoms. The van der Waals surface area contributed by atoms with Crippen molar-refractivity contribution in [3.63, 3.8) is 0 Å². The van der Waals surface area contributed by atoms with Crippen LogP contribution in [0.2, 0.25) is 5.02 Å². The third-order valence-corrected chi connectivity index (χ3v) is 7.03. The maximum Gasteiger partial charge on any atom is 0.326 e. The molecule has 2 aromatic carbocycles. The molecule has 0 unspecified atom stereocenters. The number of benzene rings is 2. The predicted molar refractivity (Wildman–Crippen MR) is 140 cm³/mol. The van der Waals surface area contributed by atoms with E-state index in [1.807, 2.05) is 31.2 Å². The molecule has 1 aliphatic rings. The van der Waals surface area contributed by atoms with Gasteiger partial charge in [0.2, 0.25) is 0 Å². The lowest BCUT2D eigenvalue weighted by molar-refractivity contribution is -0.150. The lowest BCUT2D eigenvalue weighted by Gasteiger charge is -2.15. The van der Waals surface area contributed by atoms with Crippen LogP contribution < -0.4 is 9.47 Å². The van der Waals surface area contributed by atoms with Gasteiger partial charge in [0.25, 0.3) is 11.1 Å². The summed E-state index contributed by atoms with van der Waals surface area (Å²) in [5, 5.41) is 0.0931. The average Bonchev–Trinajstić information content (AvgIpc) is 3.06. The summed E-state index contributed by atoms with van der Waals surface area (Å²) in [4.78, 5) is 38.2. The minimum atomic E-state index is -0.617. The fourth-order valence-corrected chi connectivity index (χ4v) is 4.80. The molecule has 2 aromatic rings. The Labute approximate surface area is 220 Å². The van der Waals surface area contributed by atoms with Crippen molar-refractivity contribution >= 4 is 69.1 Å². The third-order valence-electron chi connectivity index (χ3n) is 4.95. The number of halogens is 2. The molecule has 34 heavy (non-hydrogen) atoms. The molecule has 1 aliphatic heterocycles. The summed E-state index contributed by atoms with van der Waals surface area (Å²) >= 11 is 9.11. The first-order valence-electron chi connectivity index (χ1n) is 10.4. The van der Waals surface area contributed by atoms with Crippen molar-refractivity contribution in [1.29, 1.82) is 0 Å². The summed E-state index contributed by atoms with van der Waals surface area (Å²) in [6.07, 6.45) is 1.95. The SMILES string of the molecule is CC[C@H](C)OC(=O)CN1C(=O)S/C(=C/c2cc(I)c(OCc3ccccc3Cl)c(OC)c2)C1=O. The Morgan fingerprint density at radius 3 is 2.68 bits per heavy atom. The van der Waals surface area contributed by atoms with Gasteiger partial charge in [0.15, 0.2) is 11.5 Å². The van der Waals surface area contributed by atoms with Crippen molar-refractivity contribution in [2.45, 2.75) is 33.0 Å². The molecule has 180 valence electrons. The quantitative estimate of drug-likeness (QED) is 0.197. The van der Waals surface area contributed by atoms with Crippen molar-refractivity contribution < 1.29 is 28.6 Å². The van der Waals surface area contributed by atoms with E-state index in [9.17, 15) is 14.4 Å². The average molecular weight is 616 g/mol. The van der Waals surface area contributed by atoms with Crippen LogP contribution in [0.15, 0.2) is 41.3 Å². The van der Waals surface area contributed by atoms with Gasteiger partial charge in [-0.25, -0.2) is 0 Å². The first-order valence-corrected chi connectivity index (χ1v) is 12.7. The molecule has 7 nitrogen and oxygen atoms in total. The van der Waals surface area contributed by atoms with E-state index < -0.39 is 23.7 Å². The Kier molecular flexibility index (Phi) is 9.26. The Balaban J connectivity index is 1.77. The molecule has 0 saturated carbocycles. The van der Waals surface area contributed by atoms with Gasteiger partial charge >= 0.3 is 5.97 Å². The first kappa shape index (κ1) is 26.4. The molecule has 0 aromatic heterocycles. The van der Waals surface area contributed by atoms with Crippen LogP contribution in [0.5, 0.6) is 11.5 Å². The van der Waals surface area contributed by atoms with Crippen molar-refractivity contribution in [1.82, 2.24) is 4.90 Å². The number of esters is 1. The predicted octanol–water partition coefficient (Wildman–Crippen LogP) is 5.91.